The van der Waals surface area contributed by atoms with Gasteiger partial charge in [-0.2, -0.15) is 0 Å². The molecule has 0 amide bonds. The Morgan fingerprint density at radius 3 is 2.10 bits per heavy atom. The largest absolute Gasteiger partial charge is 0.256 e. The van der Waals surface area contributed by atoms with Gasteiger partial charge in [-0.25, -0.2) is 0 Å². The fourth-order valence-electron chi connectivity index (χ4n) is 3.22. The Balaban J connectivity index is 2.16. The number of fused-ring (bicyclic) bond motifs is 1. The summed E-state index contributed by atoms with van der Waals surface area (Å²) in [6, 6.07) is 12.8. The summed E-state index contributed by atoms with van der Waals surface area (Å²) in [5, 5.41) is 0. The third-order valence-electron chi connectivity index (χ3n) is 4.81. The summed E-state index contributed by atoms with van der Waals surface area (Å²) in [7, 11) is 0. The van der Waals surface area contributed by atoms with Crippen LogP contribution >= 0.6 is 0 Å². The lowest BCUT2D eigenvalue weighted by atomic mass is 9.63. The zero-order valence-electron chi connectivity index (χ0n) is 12.9. The molecule has 0 saturated heterocycles. The van der Waals surface area contributed by atoms with Crippen molar-refractivity contribution in [3.8, 4) is 11.3 Å². The van der Waals surface area contributed by atoms with E-state index in [9.17, 15) is 0 Å². The minimum absolute atomic E-state index is 0.243. The molecule has 0 saturated carbocycles. The van der Waals surface area contributed by atoms with Crippen molar-refractivity contribution >= 4 is 0 Å². The van der Waals surface area contributed by atoms with E-state index < -0.39 is 0 Å². The molecular weight excluding hydrogens is 242 g/mol. The Morgan fingerprint density at radius 1 is 0.850 bits per heavy atom. The van der Waals surface area contributed by atoms with Gasteiger partial charge < -0.3 is 0 Å². The summed E-state index contributed by atoms with van der Waals surface area (Å²) in [5.41, 5.74) is 5.69. The molecular formula is C19H23N. The van der Waals surface area contributed by atoms with Crippen LogP contribution in [0, 0.1) is 0 Å². The second-order valence-electron chi connectivity index (χ2n) is 7.25. The molecule has 0 fully saturated rings. The molecule has 1 heterocycles. The van der Waals surface area contributed by atoms with Crippen LogP contribution in [0.4, 0.5) is 0 Å². The van der Waals surface area contributed by atoms with Gasteiger partial charge in [-0.3, -0.25) is 4.98 Å². The topological polar surface area (TPSA) is 12.9 Å². The lowest BCUT2D eigenvalue weighted by Gasteiger charge is -2.41. The molecule has 0 aliphatic heterocycles. The van der Waals surface area contributed by atoms with Crippen LogP contribution < -0.4 is 0 Å². The molecule has 0 bridgehead atoms. The highest BCUT2D eigenvalue weighted by Gasteiger charge is 2.37. The van der Waals surface area contributed by atoms with Crippen molar-refractivity contribution in [2.75, 3.05) is 0 Å². The molecule has 20 heavy (non-hydrogen) atoms. The van der Waals surface area contributed by atoms with Crippen LogP contribution in [-0.2, 0) is 10.8 Å². The summed E-state index contributed by atoms with van der Waals surface area (Å²) in [6.07, 6.45) is 4.59. The number of pyridine rings is 1. The quantitative estimate of drug-likeness (QED) is 0.699. The number of aromatic nitrogens is 1. The first-order valence-corrected chi connectivity index (χ1v) is 7.47. The van der Waals surface area contributed by atoms with Crippen LogP contribution in [0.1, 0.15) is 51.7 Å². The van der Waals surface area contributed by atoms with Crippen molar-refractivity contribution in [3.63, 3.8) is 0 Å². The SMILES string of the molecule is CC1(C)CCC(C)(C)c2cc(-c3ccccc3)ncc21. The summed E-state index contributed by atoms with van der Waals surface area (Å²) >= 11 is 0. The van der Waals surface area contributed by atoms with E-state index in [0.717, 1.165) is 5.69 Å². The van der Waals surface area contributed by atoms with E-state index in [1.807, 2.05) is 0 Å². The first-order valence-electron chi connectivity index (χ1n) is 7.47. The summed E-state index contributed by atoms with van der Waals surface area (Å²) in [5.74, 6) is 0. The van der Waals surface area contributed by atoms with Crippen molar-refractivity contribution in [3.05, 3.63) is 53.7 Å². The van der Waals surface area contributed by atoms with E-state index in [1.54, 1.807) is 0 Å². The van der Waals surface area contributed by atoms with Crippen molar-refractivity contribution in [1.29, 1.82) is 0 Å². The smallest absolute Gasteiger partial charge is 0.0705 e. The first kappa shape index (κ1) is 13.4. The van der Waals surface area contributed by atoms with Crippen molar-refractivity contribution in [2.45, 2.75) is 51.4 Å². The van der Waals surface area contributed by atoms with Gasteiger partial charge in [0.15, 0.2) is 0 Å². The third kappa shape index (κ3) is 2.15. The second-order valence-corrected chi connectivity index (χ2v) is 7.25. The van der Waals surface area contributed by atoms with Gasteiger partial charge in [-0.15, -0.1) is 0 Å². The Labute approximate surface area is 122 Å². The Bertz CT molecular complexity index is 623. The number of rotatable bonds is 1. The zero-order chi connectivity index (χ0) is 14.4. The Kier molecular flexibility index (Phi) is 2.97. The van der Waals surface area contributed by atoms with E-state index in [0.29, 0.717) is 0 Å². The summed E-state index contributed by atoms with van der Waals surface area (Å²) in [4.78, 5) is 4.72. The van der Waals surface area contributed by atoms with E-state index in [-0.39, 0.29) is 10.8 Å². The average molecular weight is 265 g/mol. The fraction of sp³-hybridized carbons (Fsp3) is 0.421. The molecule has 0 unspecified atom stereocenters. The van der Waals surface area contributed by atoms with Crippen molar-refractivity contribution < 1.29 is 0 Å². The first-order chi connectivity index (χ1) is 9.40. The highest BCUT2D eigenvalue weighted by molar-refractivity contribution is 5.61. The second kappa shape index (κ2) is 4.44. The van der Waals surface area contributed by atoms with Gasteiger partial charge in [-0.1, -0.05) is 58.0 Å². The predicted octanol–water partition coefficient (Wildman–Crippen LogP) is 5.10. The Hall–Kier alpha value is -1.63. The minimum atomic E-state index is 0.243. The van der Waals surface area contributed by atoms with Gasteiger partial charge in [0.1, 0.15) is 0 Å². The van der Waals surface area contributed by atoms with Gasteiger partial charge in [0.25, 0.3) is 0 Å². The highest BCUT2D eigenvalue weighted by Crippen LogP contribution is 2.46. The average Bonchev–Trinajstić information content (AvgIpc) is 2.45. The molecule has 0 radical (unpaired) electrons. The predicted molar refractivity (Wildman–Crippen MR) is 85.0 cm³/mol. The maximum atomic E-state index is 4.72. The van der Waals surface area contributed by atoms with Crippen LogP contribution in [0.25, 0.3) is 11.3 Å². The normalized spacial score (nSPS) is 19.4. The van der Waals surface area contributed by atoms with Crippen LogP contribution in [0.2, 0.25) is 0 Å². The third-order valence-corrected chi connectivity index (χ3v) is 4.81. The van der Waals surface area contributed by atoms with E-state index in [4.69, 9.17) is 4.98 Å². The summed E-state index contributed by atoms with van der Waals surface area (Å²) in [6.45, 7) is 9.39. The van der Waals surface area contributed by atoms with E-state index in [1.165, 1.54) is 29.5 Å². The van der Waals surface area contributed by atoms with E-state index in [2.05, 4.69) is 70.3 Å². The number of hydrogen-bond acceptors (Lipinski definition) is 1. The van der Waals surface area contributed by atoms with Crippen LogP contribution in [0.3, 0.4) is 0 Å². The van der Waals surface area contributed by atoms with Gasteiger partial charge in [-0.05, 0) is 40.9 Å². The fourth-order valence-corrected chi connectivity index (χ4v) is 3.22. The Morgan fingerprint density at radius 2 is 1.45 bits per heavy atom. The zero-order valence-corrected chi connectivity index (χ0v) is 12.9. The molecule has 0 spiro atoms. The molecule has 104 valence electrons. The standard InChI is InChI=1S/C19H23N/c1-18(2)10-11-19(3,4)16-13-20-17(12-15(16)18)14-8-6-5-7-9-14/h5-9,12-13H,10-11H2,1-4H3. The van der Waals surface area contributed by atoms with Crippen LogP contribution in [0.5, 0.6) is 0 Å². The number of nitrogens with zero attached hydrogens (tertiary/aromatic N) is 1. The van der Waals surface area contributed by atoms with Gasteiger partial charge in [0, 0.05) is 11.8 Å². The molecule has 1 nitrogen and oxygen atoms in total. The van der Waals surface area contributed by atoms with Crippen LogP contribution in [0.15, 0.2) is 42.6 Å². The summed E-state index contributed by atoms with van der Waals surface area (Å²) < 4.78 is 0. The maximum absolute atomic E-state index is 4.72. The molecule has 1 aromatic carbocycles. The molecule has 1 aromatic heterocycles. The molecule has 1 aliphatic rings. The van der Waals surface area contributed by atoms with Crippen molar-refractivity contribution in [1.82, 2.24) is 4.98 Å². The number of benzene rings is 1. The molecule has 0 atom stereocenters. The molecule has 2 aromatic rings. The van der Waals surface area contributed by atoms with Gasteiger partial charge in [0.05, 0.1) is 5.69 Å². The minimum Gasteiger partial charge on any atom is -0.256 e. The van der Waals surface area contributed by atoms with Gasteiger partial charge >= 0.3 is 0 Å². The van der Waals surface area contributed by atoms with Gasteiger partial charge in [0.2, 0.25) is 0 Å². The monoisotopic (exact) mass is 265 g/mol. The lowest BCUT2D eigenvalue weighted by Crippen LogP contribution is -2.34. The number of hydrogen-bond donors (Lipinski definition) is 0. The highest BCUT2D eigenvalue weighted by atomic mass is 14.7. The maximum Gasteiger partial charge on any atom is 0.0705 e. The van der Waals surface area contributed by atoms with Crippen LogP contribution in [-0.4, -0.2) is 4.98 Å². The van der Waals surface area contributed by atoms with E-state index >= 15 is 0 Å². The molecule has 1 aliphatic carbocycles. The molecule has 0 N–H and O–H groups in total. The van der Waals surface area contributed by atoms with Crippen molar-refractivity contribution in [2.24, 2.45) is 0 Å². The lowest BCUT2D eigenvalue weighted by molar-refractivity contribution is 0.331. The molecule has 3 rings (SSSR count). The molecule has 1 heteroatoms.